The van der Waals surface area contributed by atoms with E-state index in [4.69, 9.17) is 0 Å². The van der Waals surface area contributed by atoms with Crippen LogP contribution in [0.1, 0.15) is 33.6 Å². The summed E-state index contributed by atoms with van der Waals surface area (Å²) in [4.78, 5) is 23.0. The van der Waals surface area contributed by atoms with Crippen molar-refractivity contribution in [2.24, 2.45) is 0 Å². The zero-order valence-corrected chi connectivity index (χ0v) is 19.2. The Kier molecular flexibility index (Phi) is 6.04. The van der Waals surface area contributed by atoms with Crippen molar-refractivity contribution in [3.63, 3.8) is 0 Å². The smallest absolute Gasteiger partial charge is 0.384 e. The summed E-state index contributed by atoms with van der Waals surface area (Å²) in [5.74, 6) is -0.646. The van der Waals surface area contributed by atoms with Gasteiger partial charge in [-0.15, -0.1) is 11.3 Å². The zero-order valence-electron chi connectivity index (χ0n) is 18.4. The van der Waals surface area contributed by atoms with Crippen LogP contribution in [0.4, 0.5) is 18.9 Å². The molecule has 0 saturated carbocycles. The number of aliphatic hydroxyl groups is 1. The number of anilines is 1. The van der Waals surface area contributed by atoms with Crippen molar-refractivity contribution in [1.82, 2.24) is 15.3 Å². The number of piperidine rings is 1. The van der Waals surface area contributed by atoms with Gasteiger partial charge in [-0.1, -0.05) is 18.2 Å². The monoisotopic (exact) mass is 498 g/mol. The molecule has 0 radical (unpaired) electrons. The summed E-state index contributed by atoms with van der Waals surface area (Å²) in [7, 11) is 0. The summed E-state index contributed by atoms with van der Waals surface area (Å²) < 4.78 is 39.0. The number of aromatic nitrogens is 2. The van der Waals surface area contributed by atoms with Crippen LogP contribution in [0.2, 0.25) is 0 Å². The fourth-order valence-electron chi connectivity index (χ4n) is 4.19. The van der Waals surface area contributed by atoms with Gasteiger partial charge in [-0.25, -0.2) is 9.97 Å². The molecule has 10 heteroatoms. The van der Waals surface area contributed by atoms with E-state index in [2.05, 4.69) is 20.6 Å². The topological polar surface area (TPSA) is 87.1 Å². The SMILES string of the molecule is O=C(Nc1cccc(-c2ncnc3sc(C4(O)CCNCC4)cc23)c1)c1cccc(C(F)(F)F)c1. The van der Waals surface area contributed by atoms with E-state index in [0.29, 0.717) is 29.8 Å². The van der Waals surface area contributed by atoms with Crippen LogP contribution in [0.3, 0.4) is 0 Å². The van der Waals surface area contributed by atoms with Crippen molar-refractivity contribution in [3.8, 4) is 11.3 Å². The first-order valence-corrected chi connectivity index (χ1v) is 11.8. The molecule has 4 aromatic rings. The van der Waals surface area contributed by atoms with E-state index in [1.54, 1.807) is 18.2 Å². The lowest BCUT2D eigenvalue weighted by molar-refractivity contribution is -0.137. The number of nitrogens with zero attached hydrogens (tertiary/aromatic N) is 2. The molecule has 1 fully saturated rings. The van der Waals surface area contributed by atoms with Gasteiger partial charge in [0.2, 0.25) is 0 Å². The van der Waals surface area contributed by atoms with Crippen LogP contribution in [0.5, 0.6) is 0 Å². The van der Waals surface area contributed by atoms with Crippen LogP contribution in [0.15, 0.2) is 60.9 Å². The summed E-state index contributed by atoms with van der Waals surface area (Å²) in [6.45, 7) is 1.47. The number of rotatable bonds is 4. The highest BCUT2D eigenvalue weighted by Gasteiger charge is 2.33. The molecule has 35 heavy (non-hydrogen) atoms. The molecule has 3 N–H and O–H groups in total. The van der Waals surface area contributed by atoms with Gasteiger partial charge in [0.05, 0.1) is 11.3 Å². The van der Waals surface area contributed by atoms with Crippen LogP contribution < -0.4 is 10.6 Å². The van der Waals surface area contributed by atoms with Gasteiger partial charge in [-0.3, -0.25) is 4.79 Å². The maximum atomic E-state index is 13.0. The molecule has 3 heterocycles. The Bertz CT molecular complexity index is 1400. The third kappa shape index (κ3) is 4.77. The summed E-state index contributed by atoms with van der Waals surface area (Å²) in [5, 5.41) is 17.8. The lowest BCUT2D eigenvalue weighted by atomic mass is 9.90. The summed E-state index contributed by atoms with van der Waals surface area (Å²) in [6, 6.07) is 13.1. The summed E-state index contributed by atoms with van der Waals surface area (Å²) >= 11 is 1.44. The minimum atomic E-state index is -4.53. The molecule has 0 aliphatic carbocycles. The molecule has 0 spiro atoms. The van der Waals surface area contributed by atoms with E-state index in [1.165, 1.54) is 29.8 Å². The number of hydrogen-bond donors (Lipinski definition) is 3. The molecule has 1 aliphatic rings. The molecule has 2 aromatic heterocycles. The van der Waals surface area contributed by atoms with E-state index in [0.717, 1.165) is 40.3 Å². The number of nitrogens with one attached hydrogen (secondary N) is 2. The molecule has 0 unspecified atom stereocenters. The second-order valence-electron chi connectivity index (χ2n) is 8.45. The molecule has 1 saturated heterocycles. The third-order valence-corrected chi connectivity index (χ3v) is 7.30. The average Bonchev–Trinajstić information content (AvgIpc) is 3.30. The third-order valence-electron chi connectivity index (χ3n) is 6.06. The number of amides is 1. The fourth-order valence-corrected chi connectivity index (χ4v) is 5.33. The van der Waals surface area contributed by atoms with E-state index in [-0.39, 0.29) is 5.56 Å². The molecule has 0 bridgehead atoms. The number of benzene rings is 2. The molecule has 180 valence electrons. The van der Waals surface area contributed by atoms with E-state index in [9.17, 15) is 23.1 Å². The Balaban J connectivity index is 1.44. The minimum Gasteiger partial charge on any atom is -0.384 e. The summed E-state index contributed by atoms with van der Waals surface area (Å²) in [6.07, 6.45) is -1.85. The first kappa shape index (κ1) is 23.4. The van der Waals surface area contributed by atoms with Gasteiger partial charge in [-0.05, 0) is 62.3 Å². The molecule has 2 aromatic carbocycles. The van der Waals surface area contributed by atoms with E-state index < -0.39 is 23.2 Å². The number of alkyl halides is 3. The maximum absolute atomic E-state index is 13.0. The van der Waals surface area contributed by atoms with E-state index in [1.807, 2.05) is 12.1 Å². The van der Waals surface area contributed by atoms with Gasteiger partial charge in [0.25, 0.3) is 5.91 Å². The molecule has 1 aliphatic heterocycles. The van der Waals surface area contributed by atoms with Crippen molar-refractivity contribution in [2.75, 3.05) is 18.4 Å². The number of hydrogen-bond acceptors (Lipinski definition) is 6. The second-order valence-corrected chi connectivity index (χ2v) is 9.48. The first-order chi connectivity index (χ1) is 16.7. The summed E-state index contributed by atoms with van der Waals surface area (Å²) in [5.41, 5.74) is -0.109. The molecular formula is C25H21F3N4O2S. The standard InChI is InChI=1S/C25H21F3N4O2S/c26-25(27,28)17-5-1-4-16(11-17)22(33)32-18-6-2-3-15(12-18)21-19-13-20(35-23(19)31-14-30-21)24(34)7-9-29-10-8-24/h1-6,11-14,29,34H,7-10H2,(H,32,33). The van der Waals surface area contributed by atoms with Crippen LogP contribution >= 0.6 is 11.3 Å². The van der Waals surface area contributed by atoms with Crippen LogP contribution in [0, 0.1) is 0 Å². The quantitative estimate of drug-likeness (QED) is 0.360. The van der Waals surface area contributed by atoms with Gasteiger partial charge >= 0.3 is 6.18 Å². The average molecular weight is 499 g/mol. The van der Waals surface area contributed by atoms with Crippen LogP contribution in [0.25, 0.3) is 21.5 Å². The van der Waals surface area contributed by atoms with E-state index >= 15 is 0 Å². The fraction of sp³-hybridized carbons (Fsp3) is 0.240. The Morgan fingerprint density at radius 2 is 1.83 bits per heavy atom. The number of carbonyl (C=O) groups is 1. The number of halogens is 3. The molecular weight excluding hydrogens is 477 g/mol. The van der Waals surface area contributed by atoms with Crippen molar-refractivity contribution < 1.29 is 23.1 Å². The van der Waals surface area contributed by atoms with Crippen LogP contribution in [-0.4, -0.2) is 34.1 Å². The van der Waals surface area contributed by atoms with Gasteiger partial charge in [0.1, 0.15) is 16.8 Å². The van der Waals surface area contributed by atoms with Gasteiger partial charge in [0, 0.05) is 27.1 Å². The molecule has 0 atom stereocenters. The van der Waals surface area contributed by atoms with Crippen LogP contribution in [-0.2, 0) is 11.8 Å². The van der Waals surface area contributed by atoms with Gasteiger partial charge in [0.15, 0.2) is 0 Å². The molecule has 1 amide bonds. The van der Waals surface area contributed by atoms with Crippen molar-refractivity contribution in [1.29, 1.82) is 0 Å². The van der Waals surface area contributed by atoms with Gasteiger partial charge < -0.3 is 15.7 Å². The number of thiophene rings is 1. The maximum Gasteiger partial charge on any atom is 0.416 e. The Morgan fingerprint density at radius 3 is 2.60 bits per heavy atom. The Morgan fingerprint density at radius 1 is 1.06 bits per heavy atom. The highest BCUT2D eigenvalue weighted by molar-refractivity contribution is 7.18. The highest BCUT2D eigenvalue weighted by Crippen LogP contribution is 2.40. The van der Waals surface area contributed by atoms with Crippen molar-refractivity contribution in [3.05, 3.63) is 76.9 Å². The zero-order chi connectivity index (χ0) is 24.6. The minimum absolute atomic E-state index is 0.0904. The predicted octanol–water partition coefficient (Wildman–Crippen LogP) is 5.20. The molecule has 6 nitrogen and oxygen atoms in total. The first-order valence-electron chi connectivity index (χ1n) is 11.0. The van der Waals surface area contributed by atoms with Gasteiger partial charge in [-0.2, -0.15) is 13.2 Å². The lowest BCUT2D eigenvalue weighted by Crippen LogP contribution is -2.39. The number of carbonyl (C=O) groups excluding carboxylic acids is 1. The number of fused-ring (bicyclic) bond motifs is 1. The Hall–Kier alpha value is -3.34. The largest absolute Gasteiger partial charge is 0.416 e. The lowest BCUT2D eigenvalue weighted by Gasteiger charge is -2.31. The van der Waals surface area contributed by atoms with Crippen molar-refractivity contribution >= 4 is 33.1 Å². The second kappa shape index (κ2) is 9.03. The van der Waals surface area contributed by atoms with Crippen molar-refractivity contribution in [2.45, 2.75) is 24.6 Å². The normalized spacial score (nSPS) is 15.8. The predicted molar refractivity (Wildman–Crippen MR) is 128 cm³/mol. The molecule has 5 rings (SSSR count). The highest BCUT2D eigenvalue weighted by atomic mass is 32.1. The Labute approximate surface area is 202 Å².